The van der Waals surface area contributed by atoms with Gasteiger partial charge in [-0.1, -0.05) is 66.7 Å². The number of para-hydroxylation sites is 2. The topological polar surface area (TPSA) is 33.2 Å². The molecule has 0 radical (unpaired) electrons. The molecule has 1 aromatic heterocycles. The van der Waals surface area contributed by atoms with Crippen molar-refractivity contribution in [2.45, 2.75) is 6.42 Å². The van der Waals surface area contributed by atoms with Crippen LogP contribution in [-0.4, -0.2) is 17.4 Å². The van der Waals surface area contributed by atoms with Crippen LogP contribution in [0.3, 0.4) is 0 Å². The van der Waals surface area contributed by atoms with Gasteiger partial charge in [-0.25, -0.2) is 4.98 Å². The van der Waals surface area contributed by atoms with Gasteiger partial charge in [0.1, 0.15) is 0 Å². The highest BCUT2D eigenvalue weighted by Crippen LogP contribution is 2.31. The maximum absolute atomic E-state index is 13.5. The minimum Gasteiger partial charge on any atom is -0.308 e. The van der Waals surface area contributed by atoms with Crippen LogP contribution in [0.5, 0.6) is 0 Å². The SMILES string of the molecule is O=C(c1cc(-c2ccccc2)nc2ccccc12)N1CCc2ccccc21. The van der Waals surface area contributed by atoms with Gasteiger partial charge in [-0.3, -0.25) is 4.79 Å². The lowest BCUT2D eigenvalue weighted by atomic mass is 10.0. The minimum absolute atomic E-state index is 0.0377. The first kappa shape index (κ1) is 15.8. The quantitative estimate of drug-likeness (QED) is 0.504. The highest BCUT2D eigenvalue weighted by molar-refractivity contribution is 6.15. The molecular weight excluding hydrogens is 332 g/mol. The Morgan fingerprint density at radius 3 is 2.48 bits per heavy atom. The van der Waals surface area contributed by atoms with Crippen molar-refractivity contribution in [3.05, 3.63) is 96.1 Å². The van der Waals surface area contributed by atoms with E-state index in [-0.39, 0.29) is 5.91 Å². The fourth-order valence-corrected chi connectivity index (χ4v) is 3.80. The van der Waals surface area contributed by atoms with Gasteiger partial charge in [-0.2, -0.15) is 0 Å². The lowest BCUT2D eigenvalue weighted by molar-refractivity contribution is 0.0991. The fraction of sp³-hybridized carbons (Fsp3) is 0.0833. The second kappa shape index (κ2) is 6.36. The van der Waals surface area contributed by atoms with E-state index in [1.165, 1.54) is 5.56 Å². The number of benzene rings is 3. The number of carbonyl (C=O) groups excluding carboxylic acids is 1. The third kappa shape index (κ3) is 2.68. The molecule has 0 spiro atoms. The molecule has 27 heavy (non-hydrogen) atoms. The molecule has 4 aromatic rings. The Balaban J connectivity index is 1.67. The van der Waals surface area contributed by atoms with Crippen LogP contribution in [0.15, 0.2) is 84.9 Å². The van der Waals surface area contributed by atoms with E-state index < -0.39 is 0 Å². The molecule has 3 heteroatoms. The molecule has 0 bridgehead atoms. The van der Waals surface area contributed by atoms with Crippen LogP contribution in [0.4, 0.5) is 5.69 Å². The van der Waals surface area contributed by atoms with E-state index in [0.29, 0.717) is 5.56 Å². The van der Waals surface area contributed by atoms with Crippen molar-refractivity contribution in [3.63, 3.8) is 0 Å². The van der Waals surface area contributed by atoms with Crippen molar-refractivity contribution in [2.24, 2.45) is 0 Å². The number of nitrogens with zero attached hydrogens (tertiary/aromatic N) is 2. The number of fused-ring (bicyclic) bond motifs is 2. The molecule has 1 aliphatic heterocycles. The Bertz CT molecular complexity index is 1150. The molecule has 0 aliphatic carbocycles. The van der Waals surface area contributed by atoms with Crippen LogP contribution in [0.1, 0.15) is 15.9 Å². The standard InChI is InChI=1S/C24H18N2O/c27-24(26-15-14-18-10-4-7-13-23(18)26)20-16-22(17-8-2-1-3-9-17)25-21-12-6-5-11-19(20)21/h1-13,16H,14-15H2. The zero-order chi connectivity index (χ0) is 18.2. The van der Waals surface area contributed by atoms with Crippen molar-refractivity contribution in [2.75, 3.05) is 11.4 Å². The molecule has 0 atom stereocenters. The normalized spacial score (nSPS) is 13.0. The second-order valence-corrected chi connectivity index (χ2v) is 6.77. The lowest BCUT2D eigenvalue weighted by Crippen LogP contribution is -2.29. The van der Waals surface area contributed by atoms with Gasteiger partial charge < -0.3 is 4.90 Å². The molecule has 0 fully saturated rings. The highest BCUT2D eigenvalue weighted by Gasteiger charge is 2.26. The predicted octanol–water partition coefficient (Wildman–Crippen LogP) is 5.10. The van der Waals surface area contributed by atoms with E-state index >= 15 is 0 Å². The molecule has 0 saturated carbocycles. The predicted molar refractivity (Wildman–Crippen MR) is 109 cm³/mol. The second-order valence-electron chi connectivity index (χ2n) is 6.77. The van der Waals surface area contributed by atoms with Gasteiger partial charge in [-0.15, -0.1) is 0 Å². The molecule has 5 rings (SSSR count). The van der Waals surface area contributed by atoms with E-state index in [0.717, 1.165) is 40.8 Å². The van der Waals surface area contributed by atoms with Crippen LogP contribution in [0, 0.1) is 0 Å². The third-order valence-electron chi connectivity index (χ3n) is 5.15. The summed E-state index contributed by atoms with van der Waals surface area (Å²) in [4.78, 5) is 20.2. The third-order valence-corrected chi connectivity index (χ3v) is 5.15. The molecule has 0 saturated heterocycles. The van der Waals surface area contributed by atoms with Crippen molar-refractivity contribution in [1.82, 2.24) is 4.98 Å². The summed E-state index contributed by atoms with van der Waals surface area (Å²) >= 11 is 0. The van der Waals surface area contributed by atoms with E-state index in [1.807, 2.05) is 83.8 Å². The number of aromatic nitrogens is 1. The first-order chi connectivity index (χ1) is 13.3. The zero-order valence-corrected chi connectivity index (χ0v) is 14.8. The summed E-state index contributed by atoms with van der Waals surface area (Å²) in [6.07, 6.45) is 0.899. The smallest absolute Gasteiger partial charge is 0.259 e. The summed E-state index contributed by atoms with van der Waals surface area (Å²) in [6, 6.07) is 28.0. The maximum atomic E-state index is 13.5. The maximum Gasteiger partial charge on any atom is 0.259 e. The average Bonchev–Trinajstić information content (AvgIpc) is 3.17. The number of rotatable bonds is 2. The number of anilines is 1. The van der Waals surface area contributed by atoms with Crippen LogP contribution in [0.25, 0.3) is 22.2 Å². The monoisotopic (exact) mass is 350 g/mol. The average molecular weight is 350 g/mol. The Morgan fingerprint density at radius 1 is 0.852 bits per heavy atom. The summed E-state index contributed by atoms with van der Waals surface area (Å²) in [5, 5.41) is 0.895. The Kier molecular flexibility index (Phi) is 3.72. The first-order valence-electron chi connectivity index (χ1n) is 9.16. The van der Waals surface area contributed by atoms with Crippen LogP contribution in [-0.2, 0) is 6.42 Å². The van der Waals surface area contributed by atoms with Gasteiger partial charge >= 0.3 is 0 Å². The molecule has 3 nitrogen and oxygen atoms in total. The lowest BCUT2D eigenvalue weighted by Gasteiger charge is -2.19. The fourth-order valence-electron chi connectivity index (χ4n) is 3.80. The van der Waals surface area contributed by atoms with Crippen molar-refractivity contribution in [1.29, 1.82) is 0 Å². The van der Waals surface area contributed by atoms with Crippen LogP contribution < -0.4 is 4.90 Å². The van der Waals surface area contributed by atoms with Crippen molar-refractivity contribution in [3.8, 4) is 11.3 Å². The number of amides is 1. The number of pyridine rings is 1. The van der Waals surface area contributed by atoms with Gasteiger partial charge in [0.15, 0.2) is 0 Å². The molecule has 3 aromatic carbocycles. The van der Waals surface area contributed by atoms with Crippen molar-refractivity contribution < 1.29 is 4.79 Å². The summed E-state index contributed by atoms with van der Waals surface area (Å²) in [6.45, 7) is 0.718. The van der Waals surface area contributed by atoms with E-state index in [1.54, 1.807) is 0 Å². The summed E-state index contributed by atoms with van der Waals surface area (Å²) in [5.41, 5.74) is 5.63. The largest absolute Gasteiger partial charge is 0.308 e. The molecule has 1 amide bonds. The Morgan fingerprint density at radius 2 is 1.59 bits per heavy atom. The van der Waals surface area contributed by atoms with Crippen LogP contribution in [0.2, 0.25) is 0 Å². The molecule has 130 valence electrons. The molecular formula is C24H18N2O. The number of hydrogen-bond acceptors (Lipinski definition) is 2. The van der Waals surface area contributed by atoms with E-state index in [2.05, 4.69) is 6.07 Å². The van der Waals surface area contributed by atoms with Gasteiger partial charge in [0.05, 0.1) is 16.8 Å². The summed E-state index contributed by atoms with van der Waals surface area (Å²) in [5.74, 6) is 0.0377. The highest BCUT2D eigenvalue weighted by atomic mass is 16.2. The van der Waals surface area contributed by atoms with E-state index in [4.69, 9.17) is 4.98 Å². The van der Waals surface area contributed by atoms with E-state index in [9.17, 15) is 4.79 Å². The number of hydrogen-bond donors (Lipinski definition) is 0. The Hall–Kier alpha value is -3.46. The van der Waals surface area contributed by atoms with Gasteiger partial charge in [0.2, 0.25) is 0 Å². The Labute approximate surface area is 157 Å². The first-order valence-corrected chi connectivity index (χ1v) is 9.16. The minimum atomic E-state index is 0.0377. The molecule has 2 heterocycles. The molecule has 1 aliphatic rings. The number of carbonyl (C=O) groups is 1. The van der Waals surface area contributed by atoms with Gasteiger partial charge in [-0.05, 0) is 30.2 Å². The van der Waals surface area contributed by atoms with Gasteiger partial charge in [0.25, 0.3) is 5.91 Å². The zero-order valence-electron chi connectivity index (χ0n) is 14.8. The molecule has 0 N–H and O–H groups in total. The van der Waals surface area contributed by atoms with Gasteiger partial charge in [0, 0.05) is 23.2 Å². The van der Waals surface area contributed by atoms with Crippen molar-refractivity contribution >= 4 is 22.5 Å². The molecule has 0 unspecified atom stereocenters. The summed E-state index contributed by atoms with van der Waals surface area (Å²) in [7, 11) is 0. The van der Waals surface area contributed by atoms with Crippen LogP contribution >= 0.6 is 0 Å². The summed E-state index contributed by atoms with van der Waals surface area (Å²) < 4.78 is 0.